The van der Waals surface area contributed by atoms with Gasteiger partial charge in [0.25, 0.3) is 11.7 Å². The summed E-state index contributed by atoms with van der Waals surface area (Å²) in [6, 6.07) is 0. The predicted octanol–water partition coefficient (Wildman–Crippen LogP) is -1.64. The third kappa shape index (κ3) is 3.29. The summed E-state index contributed by atoms with van der Waals surface area (Å²) in [4.78, 5) is 41.4. The molecule has 0 fully saturated rings. The lowest BCUT2D eigenvalue weighted by Gasteiger charge is -2.08. The van der Waals surface area contributed by atoms with Gasteiger partial charge in [-0.05, 0) is 6.92 Å². The molecule has 0 aliphatic rings. The molecule has 3 N–H and O–H groups in total. The van der Waals surface area contributed by atoms with E-state index in [0.717, 1.165) is 0 Å². The molecule has 0 radical (unpaired) electrons. The van der Waals surface area contributed by atoms with Gasteiger partial charge in [-0.2, -0.15) is 10.1 Å². The van der Waals surface area contributed by atoms with E-state index >= 15 is 0 Å². The first-order valence-electron chi connectivity index (χ1n) is 5.91. The van der Waals surface area contributed by atoms with Crippen molar-refractivity contribution in [3.8, 4) is 0 Å². The van der Waals surface area contributed by atoms with Gasteiger partial charge < -0.3 is 15.7 Å². The predicted molar refractivity (Wildman–Crippen MR) is 68.5 cm³/mol. The number of nitrogens with zero attached hydrogens (tertiary/aromatic N) is 4. The van der Waals surface area contributed by atoms with Gasteiger partial charge in [0.1, 0.15) is 12.9 Å². The maximum atomic E-state index is 12.0. The fraction of sp³-hybridized carbons (Fsp3) is 0.273. The molecule has 0 bridgehead atoms. The minimum Gasteiger partial charge on any atom is -0.480 e. The Balaban J connectivity index is 2.00. The number of hydrogen-bond acceptors (Lipinski definition) is 6. The molecule has 0 unspecified atom stereocenters. The highest BCUT2D eigenvalue weighted by molar-refractivity contribution is 5.97. The lowest BCUT2D eigenvalue weighted by molar-refractivity contribution is -0.137. The monoisotopic (exact) mass is 292 g/mol. The van der Waals surface area contributed by atoms with Crippen LogP contribution < -0.4 is 10.6 Å². The maximum absolute atomic E-state index is 12.0. The number of aromatic nitrogens is 4. The molecular formula is C11H12N6O4. The van der Waals surface area contributed by atoms with Crippen LogP contribution in [0.15, 0.2) is 12.5 Å². The molecule has 110 valence electrons. The molecule has 2 amide bonds. The number of carboxylic acids is 1. The average molecular weight is 292 g/mol. The topological polar surface area (TPSA) is 139 Å². The van der Waals surface area contributed by atoms with E-state index < -0.39 is 24.3 Å². The minimum absolute atomic E-state index is 0.249. The third-order valence-corrected chi connectivity index (χ3v) is 2.64. The van der Waals surface area contributed by atoms with Crippen molar-refractivity contribution >= 4 is 23.6 Å². The molecule has 0 aromatic carbocycles. The summed E-state index contributed by atoms with van der Waals surface area (Å²) < 4.78 is 1.40. The van der Waals surface area contributed by atoms with Crippen LogP contribution in [0.5, 0.6) is 0 Å². The van der Waals surface area contributed by atoms with Crippen LogP contribution in [-0.2, 0) is 9.59 Å². The van der Waals surface area contributed by atoms with Gasteiger partial charge >= 0.3 is 5.97 Å². The molecule has 2 rings (SSSR count). The summed E-state index contributed by atoms with van der Waals surface area (Å²) in [5.74, 6) is -1.91. The molecule has 0 aliphatic heterocycles. The second-order valence-corrected chi connectivity index (χ2v) is 4.08. The molecule has 2 aromatic heterocycles. The minimum atomic E-state index is -1.16. The largest absolute Gasteiger partial charge is 0.480 e. The number of hydrogen-bond donors (Lipinski definition) is 3. The molecule has 2 aromatic rings. The van der Waals surface area contributed by atoms with Crippen molar-refractivity contribution in [2.24, 2.45) is 0 Å². The molecule has 10 heteroatoms. The second kappa shape index (κ2) is 5.94. The van der Waals surface area contributed by atoms with Gasteiger partial charge in [-0.25, -0.2) is 9.50 Å². The van der Waals surface area contributed by atoms with Crippen molar-refractivity contribution in [3.63, 3.8) is 0 Å². The maximum Gasteiger partial charge on any atom is 0.322 e. The van der Waals surface area contributed by atoms with Crippen LogP contribution >= 0.6 is 0 Å². The smallest absolute Gasteiger partial charge is 0.322 e. The normalized spacial score (nSPS) is 10.3. The number of carbonyl (C=O) groups is 3. The Bertz CT molecular complexity index is 710. The Morgan fingerprint density at radius 2 is 2.00 bits per heavy atom. The number of aliphatic carboxylic acids is 1. The molecule has 0 spiro atoms. The summed E-state index contributed by atoms with van der Waals surface area (Å²) in [6.45, 7) is 0.837. The third-order valence-electron chi connectivity index (χ3n) is 2.64. The van der Waals surface area contributed by atoms with Gasteiger partial charge in [-0.3, -0.25) is 14.4 Å². The first-order chi connectivity index (χ1) is 9.99. The van der Waals surface area contributed by atoms with Gasteiger partial charge in [-0.1, -0.05) is 0 Å². The zero-order valence-electron chi connectivity index (χ0n) is 11.0. The number of aryl methyl sites for hydroxylation is 1. The van der Waals surface area contributed by atoms with Gasteiger partial charge in [-0.15, -0.1) is 0 Å². The Labute approximate surface area is 118 Å². The SMILES string of the molecule is Cc1c(C(=O)NCC(=O)NCC(=O)O)cnc2ncnn12. The van der Waals surface area contributed by atoms with Crippen LogP contribution in [0.1, 0.15) is 16.1 Å². The molecule has 2 heterocycles. The van der Waals surface area contributed by atoms with E-state index in [1.54, 1.807) is 6.92 Å². The quantitative estimate of drug-likeness (QED) is 0.600. The average Bonchev–Trinajstić information content (AvgIpc) is 2.92. The highest BCUT2D eigenvalue weighted by Crippen LogP contribution is 2.06. The van der Waals surface area contributed by atoms with E-state index in [9.17, 15) is 14.4 Å². The van der Waals surface area contributed by atoms with Crippen molar-refractivity contribution in [3.05, 3.63) is 23.8 Å². The Hall–Kier alpha value is -3.04. The fourth-order valence-corrected chi connectivity index (χ4v) is 1.61. The Kier molecular flexibility index (Phi) is 4.07. The summed E-state index contributed by atoms with van der Waals surface area (Å²) in [5, 5.41) is 16.8. The molecule has 21 heavy (non-hydrogen) atoms. The number of fused-ring (bicyclic) bond motifs is 1. The fourth-order valence-electron chi connectivity index (χ4n) is 1.61. The van der Waals surface area contributed by atoms with E-state index in [2.05, 4.69) is 25.7 Å². The van der Waals surface area contributed by atoms with E-state index in [-0.39, 0.29) is 12.1 Å². The van der Waals surface area contributed by atoms with Crippen LogP contribution in [-0.4, -0.2) is 55.6 Å². The van der Waals surface area contributed by atoms with Crippen LogP contribution in [0, 0.1) is 6.92 Å². The van der Waals surface area contributed by atoms with Gasteiger partial charge in [0.15, 0.2) is 0 Å². The summed E-state index contributed by atoms with van der Waals surface area (Å²) >= 11 is 0. The summed E-state index contributed by atoms with van der Waals surface area (Å²) in [7, 11) is 0. The number of rotatable bonds is 5. The lowest BCUT2D eigenvalue weighted by atomic mass is 10.2. The second-order valence-electron chi connectivity index (χ2n) is 4.08. The number of carboxylic acid groups (broad SMARTS) is 1. The van der Waals surface area contributed by atoms with Gasteiger partial charge in [0.2, 0.25) is 5.91 Å². The van der Waals surface area contributed by atoms with Crippen LogP contribution in [0.25, 0.3) is 5.78 Å². The van der Waals surface area contributed by atoms with Crippen LogP contribution in [0.2, 0.25) is 0 Å². The Morgan fingerprint density at radius 1 is 1.24 bits per heavy atom. The van der Waals surface area contributed by atoms with Gasteiger partial charge in [0, 0.05) is 6.20 Å². The number of nitrogens with one attached hydrogen (secondary N) is 2. The molecule has 0 saturated heterocycles. The van der Waals surface area contributed by atoms with E-state index in [0.29, 0.717) is 11.5 Å². The van der Waals surface area contributed by atoms with E-state index in [1.807, 2.05) is 0 Å². The zero-order chi connectivity index (χ0) is 15.4. The van der Waals surface area contributed by atoms with Crippen molar-refractivity contribution in [2.75, 3.05) is 13.1 Å². The highest BCUT2D eigenvalue weighted by Gasteiger charge is 2.14. The first kappa shape index (κ1) is 14.4. The molecule has 0 saturated carbocycles. The molecule has 0 atom stereocenters. The van der Waals surface area contributed by atoms with E-state index in [1.165, 1.54) is 17.0 Å². The first-order valence-corrected chi connectivity index (χ1v) is 5.91. The van der Waals surface area contributed by atoms with Crippen LogP contribution in [0.4, 0.5) is 0 Å². The summed E-state index contributed by atoms with van der Waals surface area (Å²) in [6.07, 6.45) is 2.65. The van der Waals surface area contributed by atoms with Crippen molar-refractivity contribution < 1.29 is 19.5 Å². The number of amides is 2. The molecule has 10 nitrogen and oxygen atoms in total. The van der Waals surface area contributed by atoms with E-state index in [4.69, 9.17) is 5.11 Å². The van der Waals surface area contributed by atoms with Crippen molar-refractivity contribution in [2.45, 2.75) is 6.92 Å². The van der Waals surface area contributed by atoms with Gasteiger partial charge in [0.05, 0.1) is 17.8 Å². The molecule has 0 aliphatic carbocycles. The van der Waals surface area contributed by atoms with Crippen LogP contribution in [0.3, 0.4) is 0 Å². The number of carbonyl (C=O) groups excluding carboxylic acids is 2. The summed E-state index contributed by atoms with van der Waals surface area (Å²) in [5.41, 5.74) is 0.778. The lowest BCUT2D eigenvalue weighted by Crippen LogP contribution is -2.39. The van der Waals surface area contributed by atoms with Crippen molar-refractivity contribution in [1.29, 1.82) is 0 Å². The van der Waals surface area contributed by atoms with Crippen molar-refractivity contribution in [1.82, 2.24) is 30.2 Å². The zero-order valence-corrected chi connectivity index (χ0v) is 11.0. The highest BCUT2D eigenvalue weighted by atomic mass is 16.4. The standard InChI is InChI=1S/C11H12N6O4/c1-6-7(2-14-11-15-5-16-17(6)11)10(21)13-3-8(18)12-4-9(19)20/h2,5H,3-4H2,1H3,(H,12,18)(H,13,21)(H,19,20). The Morgan fingerprint density at radius 3 is 2.71 bits per heavy atom. The molecular weight excluding hydrogens is 280 g/mol.